The van der Waals surface area contributed by atoms with Gasteiger partial charge in [-0.2, -0.15) is 11.3 Å². The van der Waals surface area contributed by atoms with E-state index in [2.05, 4.69) is 4.72 Å². The predicted octanol–water partition coefficient (Wildman–Crippen LogP) is 2.52. The first-order chi connectivity index (χ1) is 9.81. The molecule has 1 aromatic carbocycles. The Kier molecular flexibility index (Phi) is 4.60. The fourth-order valence-electron chi connectivity index (χ4n) is 1.89. The van der Waals surface area contributed by atoms with Gasteiger partial charge in [-0.3, -0.25) is 0 Å². The van der Waals surface area contributed by atoms with E-state index < -0.39 is 38.3 Å². The van der Waals surface area contributed by atoms with Crippen molar-refractivity contribution in [3.8, 4) is 0 Å². The Morgan fingerprint density at radius 1 is 1.33 bits per heavy atom. The van der Waals surface area contributed by atoms with Crippen LogP contribution in [0.1, 0.15) is 12.5 Å². The van der Waals surface area contributed by atoms with E-state index in [4.69, 9.17) is 5.73 Å². The van der Waals surface area contributed by atoms with E-state index in [1.54, 1.807) is 6.92 Å². The molecule has 0 radical (unpaired) electrons. The Hall–Kier alpha value is -1.51. The Labute approximate surface area is 125 Å². The van der Waals surface area contributed by atoms with E-state index in [0.717, 1.165) is 17.7 Å². The second-order valence-corrected chi connectivity index (χ2v) is 7.09. The van der Waals surface area contributed by atoms with Gasteiger partial charge in [-0.05, 0) is 47.9 Å². The van der Waals surface area contributed by atoms with Gasteiger partial charge >= 0.3 is 0 Å². The molecule has 8 heteroatoms. The van der Waals surface area contributed by atoms with Crippen LogP contribution in [-0.4, -0.2) is 14.5 Å². The van der Waals surface area contributed by atoms with Gasteiger partial charge < -0.3 is 5.73 Å². The first-order valence-electron chi connectivity index (χ1n) is 6.08. The maximum absolute atomic E-state index is 13.8. The van der Waals surface area contributed by atoms with Crippen molar-refractivity contribution in [2.24, 2.45) is 0 Å². The molecule has 0 aliphatic carbocycles. The number of hydrogen-bond donors (Lipinski definition) is 2. The molecule has 2 rings (SSSR count). The molecular weight excluding hydrogens is 318 g/mol. The molecule has 0 fully saturated rings. The molecule has 1 aromatic heterocycles. The van der Waals surface area contributed by atoms with Crippen molar-refractivity contribution in [2.45, 2.75) is 24.3 Å². The number of nitrogen functional groups attached to an aromatic ring is 1. The lowest BCUT2D eigenvalue weighted by Crippen LogP contribution is -2.34. The van der Waals surface area contributed by atoms with Gasteiger partial charge in [0.15, 0.2) is 5.82 Å². The quantitative estimate of drug-likeness (QED) is 0.827. The highest BCUT2D eigenvalue weighted by atomic mass is 32.2. The third-order valence-electron chi connectivity index (χ3n) is 2.86. The molecule has 0 saturated heterocycles. The van der Waals surface area contributed by atoms with Gasteiger partial charge in [0.05, 0.1) is 0 Å². The summed E-state index contributed by atoms with van der Waals surface area (Å²) in [4.78, 5) is -0.654. The summed E-state index contributed by atoms with van der Waals surface area (Å²) in [6.07, 6.45) is 0.473. The van der Waals surface area contributed by atoms with Crippen molar-refractivity contribution in [1.29, 1.82) is 0 Å². The van der Waals surface area contributed by atoms with Gasteiger partial charge in [0.25, 0.3) is 0 Å². The van der Waals surface area contributed by atoms with Crippen LogP contribution in [0.15, 0.2) is 33.9 Å². The number of nitrogens with two attached hydrogens (primary N) is 1. The maximum Gasteiger partial charge on any atom is 0.243 e. The molecule has 0 aliphatic rings. The lowest BCUT2D eigenvalue weighted by atomic mass is 10.1. The van der Waals surface area contributed by atoms with Crippen LogP contribution < -0.4 is 10.5 Å². The predicted molar refractivity (Wildman–Crippen MR) is 78.6 cm³/mol. The van der Waals surface area contributed by atoms with Crippen LogP contribution in [0.2, 0.25) is 0 Å². The molecular formula is C13H14F2N2O2S2. The van der Waals surface area contributed by atoms with Crippen molar-refractivity contribution in [3.05, 3.63) is 46.2 Å². The van der Waals surface area contributed by atoms with Crippen LogP contribution in [0.3, 0.4) is 0 Å². The second kappa shape index (κ2) is 6.08. The number of benzene rings is 1. The van der Waals surface area contributed by atoms with Crippen LogP contribution >= 0.6 is 11.3 Å². The number of anilines is 1. The largest absolute Gasteiger partial charge is 0.394 e. The van der Waals surface area contributed by atoms with E-state index in [9.17, 15) is 17.2 Å². The molecule has 0 aliphatic heterocycles. The van der Waals surface area contributed by atoms with Crippen LogP contribution in [0.25, 0.3) is 0 Å². The molecule has 1 heterocycles. The Morgan fingerprint density at radius 3 is 2.67 bits per heavy atom. The third kappa shape index (κ3) is 3.58. The molecule has 1 atom stereocenters. The minimum atomic E-state index is -4.10. The van der Waals surface area contributed by atoms with Crippen molar-refractivity contribution in [3.63, 3.8) is 0 Å². The smallest absolute Gasteiger partial charge is 0.243 e. The van der Waals surface area contributed by atoms with E-state index in [0.29, 0.717) is 6.42 Å². The highest BCUT2D eigenvalue weighted by molar-refractivity contribution is 7.89. The van der Waals surface area contributed by atoms with Crippen LogP contribution in [0.4, 0.5) is 14.5 Å². The molecule has 0 amide bonds. The topological polar surface area (TPSA) is 72.2 Å². The molecule has 3 N–H and O–H groups in total. The SMILES string of the molecule is CC(Cc1ccsc1)NS(=O)(=O)c1ccc(F)c(N)c1F. The highest BCUT2D eigenvalue weighted by Crippen LogP contribution is 2.23. The van der Waals surface area contributed by atoms with Gasteiger partial charge in [-0.15, -0.1) is 0 Å². The number of halogens is 2. The maximum atomic E-state index is 13.8. The van der Waals surface area contributed by atoms with Crippen LogP contribution in [0.5, 0.6) is 0 Å². The summed E-state index contributed by atoms with van der Waals surface area (Å²) in [5.74, 6) is -2.26. The van der Waals surface area contributed by atoms with Crippen LogP contribution in [-0.2, 0) is 16.4 Å². The lowest BCUT2D eigenvalue weighted by Gasteiger charge is -2.14. The Bertz CT molecular complexity index is 731. The normalized spacial score (nSPS) is 13.3. The molecule has 114 valence electrons. The Morgan fingerprint density at radius 2 is 2.05 bits per heavy atom. The standard InChI is InChI=1S/C13H14F2N2O2S2/c1-8(6-9-4-5-20-7-9)17-21(18,19)11-3-2-10(14)13(16)12(11)15/h2-5,7-8,17H,6,16H2,1H3. The average molecular weight is 332 g/mol. The Balaban J connectivity index is 2.20. The molecule has 21 heavy (non-hydrogen) atoms. The van der Waals surface area contributed by atoms with E-state index >= 15 is 0 Å². The second-order valence-electron chi connectivity index (χ2n) is 4.63. The summed E-state index contributed by atoms with van der Waals surface area (Å²) in [5.41, 5.74) is 5.36. The molecule has 2 aromatic rings. The number of rotatable bonds is 5. The summed E-state index contributed by atoms with van der Waals surface area (Å²) in [5, 5.41) is 3.79. The zero-order valence-corrected chi connectivity index (χ0v) is 12.8. The van der Waals surface area contributed by atoms with Crippen molar-refractivity contribution >= 4 is 27.0 Å². The van der Waals surface area contributed by atoms with E-state index in [1.807, 2.05) is 16.8 Å². The monoisotopic (exact) mass is 332 g/mol. The number of thiophene rings is 1. The number of nitrogens with one attached hydrogen (secondary N) is 1. The summed E-state index contributed by atoms with van der Waals surface area (Å²) in [6.45, 7) is 1.67. The van der Waals surface area contributed by atoms with Gasteiger partial charge in [-0.1, -0.05) is 0 Å². The summed E-state index contributed by atoms with van der Waals surface area (Å²) >= 11 is 1.51. The first-order valence-corrected chi connectivity index (χ1v) is 8.50. The van der Waals surface area contributed by atoms with Crippen molar-refractivity contribution in [2.75, 3.05) is 5.73 Å². The fraction of sp³-hybridized carbons (Fsp3) is 0.231. The molecule has 4 nitrogen and oxygen atoms in total. The summed E-state index contributed by atoms with van der Waals surface area (Å²) < 4.78 is 53.5. The van der Waals surface area contributed by atoms with Crippen LogP contribution in [0, 0.1) is 11.6 Å². The molecule has 0 bridgehead atoms. The van der Waals surface area contributed by atoms with Crippen molar-refractivity contribution in [1.82, 2.24) is 4.72 Å². The van der Waals surface area contributed by atoms with Crippen molar-refractivity contribution < 1.29 is 17.2 Å². The minimum absolute atomic E-state index is 0.435. The van der Waals surface area contributed by atoms with Gasteiger partial charge in [0.2, 0.25) is 10.0 Å². The molecule has 0 spiro atoms. The third-order valence-corrected chi connectivity index (χ3v) is 5.20. The fourth-order valence-corrected chi connectivity index (χ4v) is 3.90. The van der Waals surface area contributed by atoms with Gasteiger partial charge in [-0.25, -0.2) is 21.9 Å². The first kappa shape index (κ1) is 15.9. The van der Waals surface area contributed by atoms with E-state index in [1.165, 1.54) is 11.3 Å². The zero-order chi connectivity index (χ0) is 15.6. The summed E-state index contributed by atoms with van der Waals surface area (Å²) in [7, 11) is -4.10. The average Bonchev–Trinajstić information content (AvgIpc) is 2.87. The minimum Gasteiger partial charge on any atom is -0.394 e. The highest BCUT2D eigenvalue weighted by Gasteiger charge is 2.24. The van der Waals surface area contributed by atoms with Gasteiger partial charge in [0.1, 0.15) is 16.4 Å². The summed E-state index contributed by atoms with van der Waals surface area (Å²) in [6, 6.07) is 3.14. The number of hydrogen-bond acceptors (Lipinski definition) is 4. The lowest BCUT2D eigenvalue weighted by molar-refractivity contribution is 0.537. The number of sulfonamides is 1. The van der Waals surface area contributed by atoms with E-state index in [-0.39, 0.29) is 0 Å². The molecule has 0 saturated carbocycles. The van der Waals surface area contributed by atoms with Gasteiger partial charge in [0, 0.05) is 6.04 Å². The molecule has 1 unspecified atom stereocenters. The zero-order valence-electron chi connectivity index (χ0n) is 11.1.